The Balaban J connectivity index is 4.04. The highest BCUT2D eigenvalue weighted by Gasteiger charge is 2.14. The monoisotopic (exact) mass is 549 g/mol. The first-order chi connectivity index (χ1) is 19.0. The molecule has 0 aromatic carbocycles. The number of allylic oxidation sites excluding steroid dienone is 4. The second kappa shape index (κ2) is 28.9. The lowest BCUT2D eigenvalue weighted by Crippen LogP contribution is -2.28. The molecule has 0 rings (SSSR count). The van der Waals surface area contributed by atoms with Crippen LogP contribution in [0.3, 0.4) is 0 Å². The molecule has 0 saturated heterocycles. The molecule has 0 aliphatic rings. The highest BCUT2D eigenvalue weighted by Crippen LogP contribution is 2.18. The van der Waals surface area contributed by atoms with E-state index in [1.165, 1.54) is 57.8 Å². The Morgan fingerprint density at radius 1 is 0.667 bits per heavy atom. The summed E-state index contributed by atoms with van der Waals surface area (Å²) in [4.78, 5) is 34.6. The molecule has 0 radical (unpaired) electrons. The molecule has 0 aromatic heterocycles. The summed E-state index contributed by atoms with van der Waals surface area (Å²) in [5.74, 6) is -1.29. The number of hydrogen-bond acceptors (Lipinski definition) is 4. The second-order valence-electron chi connectivity index (χ2n) is 10.7. The van der Waals surface area contributed by atoms with Gasteiger partial charge in [-0.25, -0.2) is 0 Å². The minimum absolute atomic E-state index is 0.00148. The van der Waals surface area contributed by atoms with E-state index in [2.05, 4.69) is 43.5 Å². The maximum Gasteiger partial charge on any atom is 0.322 e. The average molecular weight is 550 g/mol. The number of amides is 1. The van der Waals surface area contributed by atoms with Crippen LogP contribution in [0.1, 0.15) is 155 Å². The van der Waals surface area contributed by atoms with Gasteiger partial charge in [0.25, 0.3) is 0 Å². The van der Waals surface area contributed by atoms with Crippen LogP contribution in [0.25, 0.3) is 0 Å². The average Bonchev–Trinajstić information content (AvgIpc) is 2.91. The number of unbranched alkanes of at least 4 members (excludes halogenated alkanes) is 13. The lowest BCUT2D eigenvalue weighted by molar-refractivity contribution is -0.150. The number of rotatable bonds is 28. The standard InChI is InChI=1S/C33H59NO5/c1-3-5-7-9-10-11-12-13-14-15-16-18-24-28-33(38)39-30(25-21-17-8-6-4-2)26-22-19-20-23-27-31(35)34-29-32(36)37/h7,9,11-12,30H,3-6,8,10,13-29H2,1-2H3,(H,34,35)(H,36,37)/b9-7-,12-11-. The summed E-state index contributed by atoms with van der Waals surface area (Å²) in [6.45, 7) is 4.09. The van der Waals surface area contributed by atoms with Gasteiger partial charge in [-0.1, -0.05) is 102 Å². The van der Waals surface area contributed by atoms with Crippen LogP contribution >= 0.6 is 0 Å². The van der Waals surface area contributed by atoms with Gasteiger partial charge in [-0.05, 0) is 64.2 Å². The molecule has 226 valence electrons. The van der Waals surface area contributed by atoms with Crippen LogP contribution in [0.2, 0.25) is 0 Å². The van der Waals surface area contributed by atoms with Crippen molar-refractivity contribution < 1.29 is 24.2 Å². The zero-order valence-electron chi connectivity index (χ0n) is 25.2. The Kier molecular flexibility index (Phi) is 27.3. The molecule has 6 nitrogen and oxygen atoms in total. The first kappa shape index (κ1) is 36.9. The largest absolute Gasteiger partial charge is 0.480 e. The summed E-state index contributed by atoms with van der Waals surface area (Å²) in [6, 6.07) is 0. The van der Waals surface area contributed by atoms with E-state index in [9.17, 15) is 14.4 Å². The van der Waals surface area contributed by atoms with Gasteiger partial charge in [-0.3, -0.25) is 14.4 Å². The number of esters is 1. The van der Waals surface area contributed by atoms with Crippen molar-refractivity contribution in [3.63, 3.8) is 0 Å². The van der Waals surface area contributed by atoms with Crippen molar-refractivity contribution in [2.45, 2.75) is 161 Å². The maximum atomic E-state index is 12.5. The Bertz CT molecular complexity index is 658. The predicted molar refractivity (Wildman–Crippen MR) is 162 cm³/mol. The molecule has 1 amide bonds. The van der Waals surface area contributed by atoms with Crippen molar-refractivity contribution in [1.82, 2.24) is 5.32 Å². The number of carbonyl (C=O) groups excluding carboxylic acids is 2. The number of carbonyl (C=O) groups is 3. The third-order valence-electron chi connectivity index (χ3n) is 6.86. The Hall–Kier alpha value is -2.11. The quantitative estimate of drug-likeness (QED) is 0.0578. The van der Waals surface area contributed by atoms with Crippen LogP contribution < -0.4 is 5.32 Å². The normalized spacial score (nSPS) is 12.3. The van der Waals surface area contributed by atoms with E-state index in [-0.39, 0.29) is 24.5 Å². The fraction of sp³-hybridized carbons (Fsp3) is 0.788. The molecule has 0 aliphatic heterocycles. The zero-order chi connectivity index (χ0) is 28.8. The molecule has 6 heteroatoms. The topological polar surface area (TPSA) is 92.7 Å². The molecule has 2 N–H and O–H groups in total. The van der Waals surface area contributed by atoms with Crippen LogP contribution in [0, 0.1) is 0 Å². The lowest BCUT2D eigenvalue weighted by Gasteiger charge is -2.18. The Labute approximate surface area is 239 Å². The number of carboxylic acid groups (broad SMARTS) is 1. The molecule has 1 unspecified atom stereocenters. The zero-order valence-corrected chi connectivity index (χ0v) is 25.2. The lowest BCUT2D eigenvalue weighted by atomic mass is 10.0. The molecule has 39 heavy (non-hydrogen) atoms. The van der Waals surface area contributed by atoms with Crippen LogP contribution in [-0.2, 0) is 19.1 Å². The van der Waals surface area contributed by atoms with Crippen LogP contribution in [-0.4, -0.2) is 35.6 Å². The summed E-state index contributed by atoms with van der Waals surface area (Å²) >= 11 is 0. The molecule has 0 aromatic rings. The number of nitrogens with one attached hydrogen (secondary N) is 1. The minimum Gasteiger partial charge on any atom is -0.480 e. The van der Waals surface area contributed by atoms with E-state index in [4.69, 9.17) is 9.84 Å². The smallest absolute Gasteiger partial charge is 0.322 e. The van der Waals surface area contributed by atoms with E-state index in [0.29, 0.717) is 12.8 Å². The molecule has 0 spiro atoms. The Morgan fingerprint density at radius 3 is 1.87 bits per heavy atom. The van der Waals surface area contributed by atoms with Crippen molar-refractivity contribution in [3.05, 3.63) is 24.3 Å². The highest BCUT2D eigenvalue weighted by atomic mass is 16.5. The van der Waals surface area contributed by atoms with Gasteiger partial charge in [0.2, 0.25) is 5.91 Å². The number of aliphatic carboxylic acids is 1. The van der Waals surface area contributed by atoms with Gasteiger partial charge in [-0.2, -0.15) is 0 Å². The van der Waals surface area contributed by atoms with E-state index >= 15 is 0 Å². The second-order valence-corrected chi connectivity index (χ2v) is 10.7. The fourth-order valence-corrected chi connectivity index (χ4v) is 4.49. The molecule has 0 bridgehead atoms. The van der Waals surface area contributed by atoms with Crippen molar-refractivity contribution in [3.8, 4) is 0 Å². The minimum atomic E-state index is -1.02. The van der Waals surface area contributed by atoms with Crippen molar-refractivity contribution >= 4 is 17.8 Å². The van der Waals surface area contributed by atoms with E-state index in [1.54, 1.807) is 0 Å². The molecule has 0 fully saturated rings. The molecule has 1 atom stereocenters. The molecule has 0 heterocycles. The summed E-state index contributed by atoms with van der Waals surface area (Å²) in [5, 5.41) is 11.0. The van der Waals surface area contributed by atoms with Crippen molar-refractivity contribution in [1.29, 1.82) is 0 Å². The third kappa shape index (κ3) is 28.7. The molecular formula is C33H59NO5. The van der Waals surface area contributed by atoms with Gasteiger partial charge >= 0.3 is 11.9 Å². The van der Waals surface area contributed by atoms with Gasteiger partial charge in [0.1, 0.15) is 12.6 Å². The van der Waals surface area contributed by atoms with Gasteiger partial charge in [0, 0.05) is 12.8 Å². The van der Waals surface area contributed by atoms with Gasteiger partial charge in [-0.15, -0.1) is 0 Å². The molecule has 0 saturated carbocycles. The summed E-state index contributed by atoms with van der Waals surface area (Å²) in [7, 11) is 0. The van der Waals surface area contributed by atoms with Crippen LogP contribution in [0.5, 0.6) is 0 Å². The predicted octanol–water partition coefficient (Wildman–Crippen LogP) is 8.83. The highest BCUT2D eigenvalue weighted by molar-refractivity contribution is 5.80. The van der Waals surface area contributed by atoms with Crippen LogP contribution in [0.15, 0.2) is 24.3 Å². The maximum absolute atomic E-state index is 12.5. The molecule has 0 aliphatic carbocycles. The van der Waals surface area contributed by atoms with Crippen molar-refractivity contribution in [2.24, 2.45) is 0 Å². The first-order valence-electron chi connectivity index (χ1n) is 16.0. The Morgan fingerprint density at radius 2 is 1.23 bits per heavy atom. The molecular weight excluding hydrogens is 490 g/mol. The van der Waals surface area contributed by atoms with E-state index in [1.807, 2.05) is 0 Å². The van der Waals surface area contributed by atoms with E-state index < -0.39 is 5.97 Å². The van der Waals surface area contributed by atoms with Gasteiger partial charge in [0.05, 0.1) is 0 Å². The number of hydrogen-bond donors (Lipinski definition) is 2. The van der Waals surface area contributed by atoms with Gasteiger partial charge < -0.3 is 15.2 Å². The summed E-state index contributed by atoms with van der Waals surface area (Å²) in [5.41, 5.74) is 0. The van der Waals surface area contributed by atoms with Crippen LogP contribution in [0.4, 0.5) is 0 Å². The number of carboxylic acids is 1. The summed E-state index contributed by atoms with van der Waals surface area (Å²) in [6.07, 6.45) is 31.5. The summed E-state index contributed by atoms with van der Waals surface area (Å²) < 4.78 is 5.89. The number of ether oxygens (including phenoxy) is 1. The first-order valence-corrected chi connectivity index (χ1v) is 16.0. The van der Waals surface area contributed by atoms with Gasteiger partial charge in [0.15, 0.2) is 0 Å². The van der Waals surface area contributed by atoms with Crippen molar-refractivity contribution in [2.75, 3.05) is 6.54 Å². The fourth-order valence-electron chi connectivity index (χ4n) is 4.49. The SMILES string of the molecule is CCC/C=C\C/C=C\CCCCCCCC(=O)OC(CCCCCCC)CCCCCCC(=O)NCC(=O)O. The third-order valence-corrected chi connectivity index (χ3v) is 6.86. The van der Waals surface area contributed by atoms with E-state index in [0.717, 1.165) is 70.6 Å².